The molecule has 1 rings (SSSR count). The Morgan fingerprint density at radius 1 is 1.03 bits per heavy atom. The highest BCUT2D eigenvalue weighted by Gasteiger charge is 2.22. The first-order chi connectivity index (χ1) is 15.1. The summed E-state index contributed by atoms with van der Waals surface area (Å²) in [6, 6.07) is 8.82. The lowest BCUT2D eigenvalue weighted by Gasteiger charge is -2.21. The van der Waals surface area contributed by atoms with Crippen molar-refractivity contribution in [2.75, 3.05) is 19.7 Å². The Morgan fingerprint density at radius 2 is 1.72 bits per heavy atom. The van der Waals surface area contributed by atoms with Gasteiger partial charge in [0.1, 0.15) is 18.2 Å². The lowest BCUT2D eigenvalue weighted by Crippen LogP contribution is -2.50. The first-order valence-corrected chi connectivity index (χ1v) is 10.8. The molecule has 0 saturated heterocycles. The van der Waals surface area contributed by atoms with Crippen LogP contribution in [0.2, 0.25) is 0 Å². The number of hydrogen-bond donors (Lipinski definition) is 3. The lowest BCUT2D eigenvalue weighted by atomic mass is 10.0. The van der Waals surface area contributed by atoms with Gasteiger partial charge in [-0.1, -0.05) is 30.3 Å². The molecule has 9 nitrogen and oxygen atoms in total. The highest BCUT2D eigenvalue weighted by Crippen LogP contribution is 2.07. The molecule has 0 heterocycles. The zero-order valence-electron chi connectivity index (χ0n) is 19.4. The van der Waals surface area contributed by atoms with E-state index in [0.29, 0.717) is 25.9 Å². The Labute approximate surface area is 189 Å². The van der Waals surface area contributed by atoms with Gasteiger partial charge in [0, 0.05) is 13.0 Å². The molecule has 1 atom stereocenters. The summed E-state index contributed by atoms with van der Waals surface area (Å²) in [5, 5.41) is 7.78. The topological polar surface area (TPSA) is 123 Å². The van der Waals surface area contributed by atoms with Gasteiger partial charge in [-0.15, -0.1) is 0 Å². The van der Waals surface area contributed by atoms with Gasteiger partial charge in [0.2, 0.25) is 11.8 Å². The first-order valence-electron chi connectivity index (χ1n) is 10.8. The summed E-state index contributed by atoms with van der Waals surface area (Å²) in [5.41, 5.74) is 0.358. The van der Waals surface area contributed by atoms with Crippen molar-refractivity contribution in [1.29, 1.82) is 0 Å². The smallest absolute Gasteiger partial charge is 0.408 e. The summed E-state index contributed by atoms with van der Waals surface area (Å²) in [6.07, 6.45) is 0.892. The summed E-state index contributed by atoms with van der Waals surface area (Å²) < 4.78 is 9.96. The molecule has 0 radical (unpaired) electrons. The molecule has 178 valence electrons. The van der Waals surface area contributed by atoms with Gasteiger partial charge >= 0.3 is 12.1 Å². The van der Waals surface area contributed by atoms with Gasteiger partial charge in [-0.25, -0.2) is 4.79 Å². The van der Waals surface area contributed by atoms with Crippen LogP contribution >= 0.6 is 0 Å². The maximum Gasteiger partial charge on any atom is 0.408 e. The summed E-state index contributed by atoms with van der Waals surface area (Å²) in [7, 11) is 0. The number of esters is 1. The molecule has 1 aromatic rings. The number of amides is 3. The average Bonchev–Trinajstić information content (AvgIpc) is 2.72. The van der Waals surface area contributed by atoms with E-state index in [0.717, 1.165) is 5.56 Å². The van der Waals surface area contributed by atoms with Crippen molar-refractivity contribution >= 4 is 23.9 Å². The average molecular weight is 450 g/mol. The van der Waals surface area contributed by atoms with E-state index < -0.39 is 23.6 Å². The van der Waals surface area contributed by atoms with Crippen molar-refractivity contribution in [3.8, 4) is 0 Å². The normalized spacial score (nSPS) is 11.8. The van der Waals surface area contributed by atoms with Crippen molar-refractivity contribution in [2.45, 2.75) is 65.0 Å². The zero-order valence-corrected chi connectivity index (χ0v) is 19.4. The first kappa shape index (κ1) is 26.9. The number of carbonyl (C=O) groups is 4. The number of alkyl carbamates (subject to hydrolysis) is 1. The van der Waals surface area contributed by atoms with E-state index in [4.69, 9.17) is 9.47 Å². The van der Waals surface area contributed by atoms with Crippen LogP contribution in [0.5, 0.6) is 0 Å². The highest BCUT2D eigenvalue weighted by atomic mass is 16.6. The second kappa shape index (κ2) is 14.1. The molecule has 0 saturated carbocycles. The SMILES string of the molecule is CCOC(=O)CCCNC(=O)[C@H](CCc1ccccc1)NC(=O)CNC(=O)OC(C)(C)C. The van der Waals surface area contributed by atoms with Gasteiger partial charge in [0.15, 0.2) is 0 Å². The van der Waals surface area contributed by atoms with Gasteiger partial charge in [-0.2, -0.15) is 0 Å². The van der Waals surface area contributed by atoms with E-state index in [1.807, 2.05) is 30.3 Å². The fourth-order valence-corrected chi connectivity index (χ4v) is 2.74. The number of nitrogens with one attached hydrogen (secondary N) is 3. The minimum Gasteiger partial charge on any atom is -0.466 e. The zero-order chi connectivity index (χ0) is 24.0. The van der Waals surface area contributed by atoms with E-state index in [2.05, 4.69) is 16.0 Å². The number of rotatable bonds is 12. The third kappa shape index (κ3) is 12.6. The molecular weight excluding hydrogens is 414 g/mol. The van der Waals surface area contributed by atoms with Crippen LogP contribution in [0, 0.1) is 0 Å². The van der Waals surface area contributed by atoms with Gasteiger partial charge in [0.25, 0.3) is 0 Å². The predicted octanol–water partition coefficient (Wildman–Crippen LogP) is 2.09. The molecule has 0 aliphatic carbocycles. The monoisotopic (exact) mass is 449 g/mol. The number of carbonyl (C=O) groups excluding carboxylic acids is 4. The Balaban J connectivity index is 2.58. The third-order valence-corrected chi connectivity index (χ3v) is 4.17. The second-order valence-corrected chi connectivity index (χ2v) is 8.20. The summed E-state index contributed by atoms with van der Waals surface area (Å²) in [6.45, 7) is 7.18. The van der Waals surface area contributed by atoms with Gasteiger partial charge < -0.3 is 25.4 Å². The van der Waals surface area contributed by atoms with Gasteiger partial charge in [-0.3, -0.25) is 14.4 Å². The molecule has 0 fully saturated rings. The molecule has 0 spiro atoms. The highest BCUT2D eigenvalue weighted by molar-refractivity contribution is 5.89. The number of benzene rings is 1. The van der Waals surface area contributed by atoms with Crippen LogP contribution < -0.4 is 16.0 Å². The largest absolute Gasteiger partial charge is 0.466 e. The van der Waals surface area contributed by atoms with Crippen LogP contribution in [0.4, 0.5) is 4.79 Å². The molecule has 0 aliphatic rings. The molecule has 9 heteroatoms. The number of aryl methyl sites for hydroxylation is 1. The molecule has 0 bridgehead atoms. The fraction of sp³-hybridized carbons (Fsp3) is 0.565. The third-order valence-electron chi connectivity index (χ3n) is 4.17. The predicted molar refractivity (Wildman–Crippen MR) is 120 cm³/mol. The van der Waals surface area contributed by atoms with Crippen LogP contribution in [0.3, 0.4) is 0 Å². The van der Waals surface area contributed by atoms with Crippen LogP contribution in [-0.4, -0.2) is 55.2 Å². The molecule has 32 heavy (non-hydrogen) atoms. The molecule has 3 N–H and O–H groups in total. The van der Waals surface area contributed by atoms with Crippen LogP contribution in [0.25, 0.3) is 0 Å². The molecule has 0 aromatic heterocycles. The Bertz CT molecular complexity index is 746. The molecular formula is C23H35N3O6. The van der Waals surface area contributed by atoms with E-state index in [-0.39, 0.29) is 31.4 Å². The lowest BCUT2D eigenvalue weighted by molar-refractivity contribution is -0.143. The maximum absolute atomic E-state index is 12.6. The Kier molecular flexibility index (Phi) is 11.8. The van der Waals surface area contributed by atoms with Crippen molar-refractivity contribution in [2.24, 2.45) is 0 Å². The minimum atomic E-state index is -0.786. The quantitative estimate of drug-likeness (QED) is 0.332. The Morgan fingerprint density at radius 3 is 2.34 bits per heavy atom. The van der Waals surface area contributed by atoms with Crippen LogP contribution in [0.15, 0.2) is 30.3 Å². The molecule has 0 aliphatic heterocycles. The summed E-state index contributed by atoms with van der Waals surface area (Å²) in [5.74, 6) is -1.17. The van der Waals surface area contributed by atoms with Crippen molar-refractivity contribution in [3.05, 3.63) is 35.9 Å². The van der Waals surface area contributed by atoms with Gasteiger partial charge in [-0.05, 0) is 52.5 Å². The molecule has 0 unspecified atom stereocenters. The van der Waals surface area contributed by atoms with Crippen molar-refractivity contribution in [3.63, 3.8) is 0 Å². The summed E-state index contributed by atoms with van der Waals surface area (Å²) in [4.78, 5) is 48.1. The number of hydrogen-bond acceptors (Lipinski definition) is 6. The van der Waals surface area contributed by atoms with Crippen molar-refractivity contribution < 1.29 is 28.7 Å². The van der Waals surface area contributed by atoms with Crippen molar-refractivity contribution in [1.82, 2.24) is 16.0 Å². The standard InChI is InChI=1S/C23H35N3O6/c1-5-31-20(28)12-9-15-24-21(29)18(14-13-17-10-7-6-8-11-17)26-19(27)16-25-22(30)32-23(2,3)4/h6-8,10-11,18H,5,9,12-16H2,1-4H3,(H,24,29)(H,25,30)(H,26,27)/t18-/m0/s1. The Hall–Kier alpha value is -3.10. The minimum absolute atomic E-state index is 0.203. The van der Waals surface area contributed by atoms with Gasteiger partial charge in [0.05, 0.1) is 6.61 Å². The second-order valence-electron chi connectivity index (χ2n) is 8.20. The molecule has 3 amide bonds. The maximum atomic E-state index is 12.6. The van der Waals surface area contributed by atoms with E-state index in [1.54, 1.807) is 27.7 Å². The van der Waals surface area contributed by atoms with E-state index in [1.165, 1.54) is 0 Å². The van der Waals surface area contributed by atoms with E-state index in [9.17, 15) is 19.2 Å². The summed E-state index contributed by atoms with van der Waals surface area (Å²) >= 11 is 0. The van der Waals surface area contributed by atoms with Crippen LogP contribution in [0.1, 0.15) is 52.5 Å². The van der Waals surface area contributed by atoms with E-state index >= 15 is 0 Å². The number of ether oxygens (including phenoxy) is 2. The molecule has 1 aromatic carbocycles. The fourth-order valence-electron chi connectivity index (χ4n) is 2.74. The van der Waals surface area contributed by atoms with Crippen LogP contribution in [-0.2, 0) is 30.3 Å².